The third kappa shape index (κ3) is 45.7. The van der Waals surface area contributed by atoms with E-state index in [1.54, 1.807) is 0 Å². The molecule has 52 heavy (non-hydrogen) atoms. The fourth-order valence-corrected chi connectivity index (χ4v) is 6.10. The van der Waals surface area contributed by atoms with E-state index in [2.05, 4.69) is 67.0 Å². The van der Waals surface area contributed by atoms with Crippen LogP contribution in [0.4, 0.5) is 0 Å². The highest BCUT2D eigenvalue weighted by molar-refractivity contribution is 4.64. The molecule has 1 atom stereocenters. The van der Waals surface area contributed by atoms with Crippen LogP contribution in [-0.4, -0.2) is 143 Å². The average Bonchev–Trinajstić information content (AvgIpc) is 3.16. The molecule has 0 rings (SSSR count). The highest BCUT2D eigenvalue weighted by atomic mass is 16.3. The maximum Gasteiger partial charge on any atom is 0.0471 e. The van der Waals surface area contributed by atoms with Gasteiger partial charge in [-0.2, -0.15) is 0 Å². The summed E-state index contributed by atoms with van der Waals surface area (Å²) in [6, 6.07) is 0. The minimum absolute atomic E-state index is 0.272. The van der Waals surface area contributed by atoms with Gasteiger partial charge in [-0.05, 0) is 239 Å². The van der Waals surface area contributed by atoms with Crippen LogP contribution in [0.25, 0.3) is 0 Å². The van der Waals surface area contributed by atoms with Crippen molar-refractivity contribution >= 4 is 0 Å². The summed E-state index contributed by atoms with van der Waals surface area (Å²) >= 11 is 0. The summed E-state index contributed by atoms with van der Waals surface area (Å²) in [5.74, 6) is 0.347. The second kappa shape index (κ2) is 48.6. The Morgan fingerprint density at radius 1 is 0.288 bits per heavy atom. The largest absolute Gasteiger partial charge is 0.396 e. The number of hydrogen-bond acceptors (Lipinski definition) is 11. The summed E-state index contributed by atoms with van der Waals surface area (Å²) in [7, 11) is 0. The monoisotopic (exact) mass is 743 g/mol. The van der Waals surface area contributed by atoms with E-state index in [1.165, 1.54) is 103 Å². The number of aliphatic hydroxyl groups is 1. The van der Waals surface area contributed by atoms with Gasteiger partial charge in [0.15, 0.2) is 0 Å². The van der Waals surface area contributed by atoms with Crippen molar-refractivity contribution < 1.29 is 5.11 Å². The third-order valence-corrected chi connectivity index (χ3v) is 9.58. The van der Waals surface area contributed by atoms with E-state index >= 15 is 0 Å². The molecular weight excluding hydrogens is 649 g/mol. The molecule has 11 nitrogen and oxygen atoms in total. The second-order valence-corrected chi connectivity index (χ2v) is 14.7. The molecule has 0 aromatic carbocycles. The van der Waals surface area contributed by atoms with Crippen molar-refractivity contribution in [1.29, 1.82) is 0 Å². The number of unbranched alkanes of at least 4 members (excludes halogenated alkanes) is 8. The number of aliphatic hydroxyl groups excluding tert-OH is 1. The molecule has 0 radical (unpaired) electrons. The molecular formula is C41H94N10O. The van der Waals surface area contributed by atoms with Gasteiger partial charge in [0.1, 0.15) is 0 Å². The standard InChI is InChI=1S/C41H94N10O/c1-3-42-22-5-7-24-44-26-9-11-28-46-30-13-14-32-48-34-17-18-36-50-38-21-41(40-52)39-51-37-20-19-35-49-33-16-15-31-47-29-12-10-27-45-25-8-6-23-43-4-2/h41-52H,3-40H2,1-2H3. The lowest BCUT2D eigenvalue weighted by Gasteiger charge is -2.15. The smallest absolute Gasteiger partial charge is 0.0471 e. The van der Waals surface area contributed by atoms with E-state index in [4.69, 9.17) is 0 Å². The topological polar surface area (TPSA) is 141 Å². The van der Waals surface area contributed by atoms with Crippen LogP contribution in [0.3, 0.4) is 0 Å². The van der Waals surface area contributed by atoms with Crippen molar-refractivity contribution in [2.75, 3.05) is 138 Å². The van der Waals surface area contributed by atoms with Crippen LogP contribution in [0.5, 0.6) is 0 Å². The molecule has 0 bridgehead atoms. The Labute approximate surface area is 324 Å². The fraction of sp³-hybridized carbons (Fsp3) is 1.00. The zero-order chi connectivity index (χ0) is 37.5. The van der Waals surface area contributed by atoms with E-state index in [1.807, 2.05) is 0 Å². The van der Waals surface area contributed by atoms with Crippen LogP contribution >= 0.6 is 0 Å². The second-order valence-electron chi connectivity index (χ2n) is 14.7. The van der Waals surface area contributed by atoms with Crippen LogP contribution < -0.4 is 53.2 Å². The molecule has 11 heteroatoms. The SMILES string of the molecule is CCNCCCCNCCCCNCCCCNCCCCNCCC(CO)CNCCCCNCCCCNCCCCNCCCCNCC. The van der Waals surface area contributed by atoms with Crippen LogP contribution in [0, 0.1) is 5.92 Å². The number of rotatable bonds is 48. The molecule has 1 unspecified atom stereocenters. The summed E-state index contributed by atoms with van der Waals surface area (Å²) in [4.78, 5) is 0. The maximum absolute atomic E-state index is 9.77. The summed E-state index contributed by atoms with van der Waals surface area (Å²) in [5.41, 5.74) is 0. The molecule has 314 valence electrons. The Morgan fingerprint density at radius 3 is 0.731 bits per heavy atom. The molecule has 0 spiro atoms. The van der Waals surface area contributed by atoms with Crippen LogP contribution in [-0.2, 0) is 0 Å². The molecule has 0 heterocycles. The van der Waals surface area contributed by atoms with E-state index in [0.29, 0.717) is 5.92 Å². The molecule has 0 aliphatic rings. The van der Waals surface area contributed by atoms with Gasteiger partial charge in [-0.25, -0.2) is 0 Å². The first-order valence-electron chi connectivity index (χ1n) is 22.5. The van der Waals surface area contributed by atoms with Crippen molar-refractivity contribution in [2.24, 2.45) is 5.92 Å². The van der Waals surface area contributed by atoms with Gasteiger partial charge in [-0.15, -0.1) is 0 Å². The molecule has 0 saturated carbocycles. The van der Waals surface area contributed by atoms with Crippen LogP contribution in [0.2, 0.25) is 0 Å². The van der Waals surface area contributed by atoms with E-state index in [0.717, 1.165) is 137 Å². The quantitative estimate of drug-likeness (QED) is 0.0420. The van der Waals surface area contributed by atoms with Gasteiger partial charge in [0.25, 0.3) is 0 Å². The summed E-state index contributed by atoms with van der Waals surface area (Å²) < 4.78 is 0. The highest BCUT2D eigenvalue weighted by Gasteiger charge is 2.06. The van der Waals surface area contributed by atoms with Crippen LogP contribution in [0.1, 0.15) is 123 Å². The fourth-order valence-electron chi connectivity index (χ4n) is 6.10. The minimum atomic E-state index is 0.272. The molecule has 11 N–H and O–H groups in total. The number of hydrogen-bond donors (Lipinski definition) is 11. The molecule has 0 aromatic rings. The van der Waals surface area contributed by atoms with Crippen molar-refractivity contribution in [2.45, 2.75) is 123 Å². The first-order valence-corrected chi connectivity index (χ1v) is 22.5. The van der Waals surface area contributed by atoms with Crippen molar-refractivity contribution in [1.82, 2.24) is 53.2 Å². The van der Waals surface area contributed by atoms with Gasteiger partial charge in [-0.3, -0.25) is 0 Å². The van der Waals surface area contributed by atoms with Crippen molar-refractivity contribution in [3.8, 4) is 0 Å². The van der Waals surface area contributed by atoms with Crippen molar-refractivity contribution in [3.63, 3.8) is 0 Å². The van der Waals surface area contributed by atoms with E-state index < -0.39 is 0 Å². The summed E-state index contributed by atoms with van der Waals surface area (Å²) in [5, 5.41) is 45.2. The van der Waals surface area contributed by atoms with Crippen LogP contribution in [0.15, 0.2) is 0 Å². The lowest BCUT2D eigenvalue weighted by atomic mass is 10.1. The van der Waals surface area contributed by atoms with Gasteiger partial charge < -0.3 is 58.3 Å². The predicted molar refractivity (Wildman–Crippen MR) is 229 cm³/mol. The zero-order valence-corrected chi connectivity index (χ0v) is 34.9. The van der Waals surface area contributed by atoms with Gasteiger partial charge >= 0.3 is 0 Å². The maximum atomic E-state index is 9.77. The highest BCUT2D eigenvalue weighted by Crippen LogP contribution is 2.00. The zero-order valence-electron chi connectivity index (χ0n) is 34.9. The summed E-state index contributed by atoms with van der Waals surface area (Å²) in [6.07, 6.45) is 21.0. The Morgan fingerprint density at radius 2 is 0.500 bits per heavy atom. The molecule has 0 saturated heterocycles. The van der Waals surface area contributed by atoms with Gasteiger partial charge in [0, 0.05) is 13.2 Å². The first kappa shape index (κ1) is 51.6. The van der Waals surface area contributed by atoms with Crippen molar-refractivity contribution in [3.05, 3.63) is 0 Å². The van der Waals surface area contributed by atoms with Gasteiger partial charge in [-0.1, -0.05) is 13.8 Å². The first-order chi connectivity index (χ1) is 25.8. The Balaban J connectivity index is 3.23. The summed E-state index contributed by atoms with van der Waals surface area (Å²) in [6.45, 7) is 26.7. The third-order valence-electron chi connectivity index (χ3n) is 9.58. The average molecular weight is 743 g/mol. The number of nitrogens with one attached hydrogen (secondary N) is 10. The normalized spacial score (nSPS) is 12.3. The molecule has 0 fully saturated rings. The van der Waals surface area contributed by atoms with Gasteiger partial charge in [0.05, 0.1) is 0 Å². The van der Waals surface area contributed by atoms with E-state index in [-0.39, 0.29) is 6.61 Å². The van der Waals surface area contributed by atoms with Gasteiger partial charge in [0.2, 0.25) is 0 Å². The van der Waals surface area contributed by atoms with E-state index in [9.17, 15) is 5.11 Å². The Kier molecular flexibility index (Phi) is 48.2. The Bertz CT molecular complexity index is 622. The predicted octanol–water partition coefficient (Wildman–Crippen LogP) is 3.16. The lowest BCUT2D eigenvalue weighted by molar-refractivity contribution is 0.214. The molecule has 0 aromatic heterocycles. The lowest BCUT2D eigenvalue weighted by Crippen LogP contribution is -2.30. The minimum Gasteiger partial charge on any atom is -0.396 e. The molecule has 0 amide bonds. The Hall–Kier alpha value is -0.440. The molecule has 0 aliphatic carbocycles. The molecule has 0 aliphatic heterocycles.